The average Bonchev–Trinajstić information content (AvgIpc) is 3.43. The van der Waals surface area contributed by atoms with Crippen molar-refractivity contribution < 1.29 is 27.9 Å². The zero-order chi connectivity index (χ0) is 21.5. The van der Waals surface area contributed by atoms with Gasteiger partial charge in [-0.1, -0.05) is 23.4 Å². The molecule has 1 amide bonds. The average molecular weight is 427 g/mol. The van der Waals surface area contributed by atoms with Crippen molar-refractivity contribution in [1.82, 2.24) is 15.0 Å². The van der Waals surface area contributed by atoms with Crippen molar-refractivity contribution in [2.45, 2.75) is 25.5 Å². The summed E-state index contributed by atoms with van der Waals surface area (Å²) in [6, 6.07) is 11.8. The minimum Gasteiger partial charge on any atom is -0.435 e. The Kier molecular flexibility index (Phi) is 4.90. The summed E-state index contributed by atoms with van der Waals surface area (Å²) in [5, 5.41) is 13.5. The standard InChI is InChI=1S/C22H19F2N3O4/c23-22(24)30-14-6-4-12(5-7-14)21-25-20(26-31-21)16-3-1-2-15-17(16)10-13-11-18(29)27(8-9-28)19(13)15/h1-7,13,19,22,28H,8-11H2/t13-,19+/m1/s1. The molecule has 3 aromatic rings. The molecule has 7 nitrogen and oxygen atoms in total. The summed E-state index contributed by atoms with van der Waals surface area (Å²) < 4.78 is 34.4. The molecule has 0 bridgehead atoms. The molecule has 1 aliphatic carbocycles. The first-order valence-corrected chi connectivity index (χ1v) is 9.96. The number of ether oxygens (including phenoxy) is 1. The Morgan fingerprint density at radius 1 is 1.19 bits per heavy atom. The fourth-order valence-electron chi connectivity index (χ4n) is 4.65. The van der Waals surface area contributed by atoms with Crippen molar-refractivity contribution in [3.05, 3.63) is 53.6 Å². The van der Waals surface area contributed by atoms with E-state index < -0.39 is 6.61 Å². The number of β-amino-alcohol motifs (C(OH)–C–C–N with tert-alkyl or cyclic N) is 1. The Bertz CT molecular complexity index is 1120. The second-order valence-corrected chi connectivity index (χ2v) is 7.62. The van der Waals surface area contributed by atoms with E-state index in [4.69, 9.17) is 4.52 Å². The first kappa shape index (κ1) is 19.6. The van der Waals surface area contributed by atoms with Crippen LogP contribution in [0, 0.1) is 5.92 Å². The highest BCUT2D eigenvalue weighted by atomic mass is 19.3. The van der Waals surface area contributed by atoms with Gasteiger partial charge in [-0.25, -0.2) is 0 Å². The summed E-state index contributed by atoms with van der Waals surface area (Å²) in [4.78, 5) is 18.6. The third-order valence-electron chi connectivity index (χ3n) is 5.87. The Balaban J connectivity index is 1.44. The lowest BCUT2D eigenvalue weighted by atomic mass is 10.0. The van der Waals surface area contributed by atoms with Crippen LogP contribution in [-0.4, -0.2) is 45.8 Å². The van der Waals surface area contributed by atoms with E-state index in [1.165, 1.54) is 12.1 Å². The number of amides is 1. The van der Waals surface area contributed by atoms with Crippen LogP contribution in [0.2, 0.25) is 0 Å². The molecule has 1 N–H and O–H groups in total. The minimum atomic E-state index is -2.89. The van der Waals surface area contributed by atoms with E-state index in [1.807, 2.05) is 18.2 Å². The molecule has 2 atom stereocenters. The second kappa shape index (κ2) is 7.73. The van der Waals surface area contributed by atoms with E-state index in [0.29, 0.717) is 24.4 Å². The first-order valence-electron chi connectivity index (χ1n) is 9.96. The predicted octanol–water partition coefficient (Wildman–Crippen LogP) is 3.44. The summed E-state index contributed by atoms with van der Waals surface area (Å²) in [6.07, 6.45) is 1.19. The van der Waals surface area contributed by atoms with Gasteiger partial charge in [0.15, 0.2) is 0 Å². The van der Waals surface area contributed by atoms with Crippen molar-refractivity contribution >= 4 is 5.91 Å². The molecule has 2 heterocycles. The maximum absolute atomic E-state index is 12.3. The summed E-state index contributed by atoms with van der Waals surface area (Å²) in [7, 11) is 0. The predicted molar refractivity (Wildman–Crippen MR) is 105 cm³/mol. The molecule has 1 fully saturated rings. The third-order valence-corrected chi connectivity index (χ3v) is 5.87. The van der Waals surface area contributed by atoms with Gasteiger partial charge in [-0.15, -0.1) is 0 Å². The zero-order valence-corrected chi connectivity index (χ0v) is 16.4. The van der Waals surface area contributed by atoms with Gasteiger partial charge in [0.25, 0.3) is 5.89 Å². The number of hydrogen-bond donors (Lipinski definition) is 1. The molecule has 1 saturated heterocycles. The van der Waals surface area contributed by atoms with Crippen LogP contribution in [0.1, 0.15) is 23.6 Å². The van der Waals surface area contributed by atoms with Gasteiger partial charge in [0.05, 0.1) is 12.6 Å². The first-order chi connectivity index (χ1) is 15.0. The molecule has 0 saturated carbocycles. The SMILES string of the molecule is O=C1C[C@H]2Cc3c(-c4noc(-c5ccc(OC(F)F)cc5)n4)cccc3[C@H]2N1CCO. The number of rotatable bonds is 6. The van der Waals surface area contributed by atoms with Crippen molar-refractivity contribution in [2.75, 3.05) is 13.2 Å². The molecule has 1 aliphatic heterocycles. The van der Waals surface area contributed by atoms with E-state index in [9.17, 15) is 18.7 Å². The molecule has 0 unspecified atom stereocenters. The molecular formula is C22H19F2N3O4. The molecule has 5 rings (SSSR count). The smallest absolute Gasteiger partial charge is 0.387 e. The normalized spacial score (nSPS) is 19.7. The number of aliphatic hydroxyl groups is 1. The van der Waals surface area contributed by atoms with Crippen molar-refractivity contribution in [2.24, 2.45) is 5.92 Å². The minimum absolute atomic E-state index is 0.0386. The van der Waals surface area contributed by atoms with Crippen LogP contribution in [0.25, 0.3) is 22.8 Å². The maximum Gasteiger partial charge on any atom is 0.387 e. The van der Waals surface area contributed by atoms with Gasteiger partial charge in [-0.3, -0.25) is 4.79 Å². The van der Waals surface area contributed by atoms with E-state index in [2.05, 4.69) is 14.9 Å². The largest absolute Gasteiger partial charge is 0.435 e. The summed E-state index contributed by atoms with van der Waals surface area (Å²) in [6.45, 7) is -2.63. The number of alkyl halides is 2. The summed E-state index contributed by atoms with van der Waals surface area (Å²) >= 11 is 0. The highest BCUT2D eigenvalue weighted by Crippen LogP contribution is 2.49. The van der Waals surface area contributed by atoms with Crippen molar-refractivity contribution in [3.8, 4) is 28.6 Å². The number of likely N-dealkylation sites (tertiary alicyclic amines) is 1. The van der Waals surface area contributed by atoms with Gasteiger partial charge >= 0.3 is 6.61 Å². The lowest BCUT2D eigenvalue weighted by Gasteiger charge is -2.24. The third kappa shape index (κ3) is 3.44. The van der Waals surface area contributed by atoms with Gasteiger partial charge in [0.2, 0.25) is 11.7 Å². The van der Waals surface area contributed by atoms with Crippen LogP contribution in [-0.2, 0) is 11.2 Å². The van der Waals surface area contributed by atoms with Gasteiger partial charge in [0.1, 0.15) is 5.75 Å². The van der Waals surface area contributed by atoms with Crippen LogP contribution < -0.4 is 4.74 Å². The number of carbonyl (C=O) groups excluding carboxylic acids is 1. The topological polar surface area (TPSA) is 88.7 Å². The quantitative estimate of drug-likeness (QED) is 0.648. The number of nitrogens with zero attached hydrogens (tertiary/aromatic N) is 3. The lowest BCUT2D eigenvalue weighted by molar-refractivity contribution is -0.129. The molecule has 9 heteroatoms. The Hall–Kier alpha value is -3.33. The fourth-order valence-corrected chi connectivity index (χ4v) is 4.65. The molecule has 2 aromatic carbocycles. The highest BCUT2D eigenvalue weighted by molar-refractivity contribution is 5.81. The van der Waals surface area contributed by atoms with Gasteiger partial charge in [-0.05, 0) is 47.7 Å². The van der Waals surface area contributed by atoms with Crippen molar-refractivity contribution in [3.63, 3.8) is 0 Å². The number of aliphatic hydroxyl groups excluding tert-OH is 1. The lowest BCUT2D eigenvalue weighted by Crippen LogP contribution is -2.30. The van der Waals surface area contributed by atoms with Gasteiger partial charge < -0.3 is 19.3 Å². The summed E-state index contributed by atoms with van der Waals surface area (Å²) in [5.74, 6) is 0.990. The molecule has 1 aromatic heterocycles. The number of halogens is 2. The number of hydrogen-bond acceptors (Lipinski definition) is 6. The monoisotopic (exact) mass is 427 g/mol. The Labute approximate surface area is 176 Å². The molecular weight excluding hydrogens is 408 g/mol. The number of benzene rings is 2. The summed E-state index contributed by atoms with van der Waals surface area (Å²) in [5.41, 5.74) is 3.57. The van der Waals surface area contributed by atoms with Crippen molar-refractivity contribution in [1.29, 1.82) is 0 Å². The molecule has 31 heavy (non-hydrogen) atoms. The van der Waals surface area contributed by atoms with Crippen LogP contribution in [0.15, 0.2) is 47.0 Å². The molecule has 160 valence electrons. The van der Waals surface area contributed by atoms with Gasteiger partial charge in [0, 0.05) is 24.1 Å². The van der Waals surface area contributed by atoms with E-state index in [0.717, 1.165) is 23.1 Å². The number of aromatic nitrogens is 2. The Morgan fingerprint density at radius 2 is 2.00 bits per heavy atom. The van der Waals surface area contributed by atoms with Gasteiger partial charge in [-0.2, -0.15) is 13.8 Å². The zero-order valence-electron chi connectivity index (χ0n) is 16.4. The van der Waals surface area contributed by atoms with E-state index >= 15 is 0 Å². The fraction of sp³-hybridized carbons (Fsp3) is 0.318. The van der Waals surface area contributed by atoms with E-state index in [-0.39, 0.29) is 36.1 Å². The van der Waals surface area contributed by atoms with Crippen LogP contribution in [0.5, 0.6) is 5.75 Å². The Morgan fingerprint density at radius 3 is 2.74 bits per heavy atom. The van der Waals surface area contributed by atoms with Crippen LogP contribution >= 0.6 is 0 Å². The highest BCUT2D eigenvalue weighted by Gasteiger charge is 2.46. The number of fused-ring (bicyclic) bond motifs is 3. The second-order valence-electron chi connectivity index (χ2n) is 7.62. The van der Waals surface area contributed by atoms with Crippen LogP contribution in [0.3, 0.4) is 0 Å². The number of carbonyl (C=O) groups is 1. The molecule has 0 radical (unpaired) electrons. The van der Waals surface area contributed by atoms with E-state index in [1.54, 1.807) is 17.0 Å². The maximum atomic E-state index is 12.3. The molecule has 0 spiro atoms. The van der Waals surface area contributed by atoms with Crippen LogP contribution in [0.4, 0.5) is 8.78 Å². The molecule has 2 aliphatic rings.